The minimum Gasteiger partial charge on any atom is -0.320 e. The Hall–Kier alpha value is -1.87. The van der Waals surface area contributed by atoms with Crippen LogP contribution in [0, 0.1) is 0 Å². The van der Waals surface area contributed by atoms with Gasteiger partial charge in [-0.15, -0.1) is 0 Å². The van der Waals surface area contributed by atoms with Gasteiger partial charge in [-0.3, -0.25) is 0 Å². The van der Waals surface area contributed by atoms with E-state index in [1.54, 1.807) is 6.20 Å². The van der Waals surface area contributed by atoms with Crippen LogP contribution in [0.15, 0.2) is 42.6 Å². The molecule has 0 unspecified atom stereocenters. The van der Waals surface area contributed by atoms with Gasteiger partial charge in [0.25, 0.3) is 0 Å². The van der Waals surface area contributed by atoms with Crippen LogP contribution < -0.4 is 0 Å². The highest BCUT2D eigenvalue weighted by Gasteiger charge is 2.22. The van der Waals surface area contributed by atoms with Gasteiger partial charge < -0.3 is 4.57 Å². The average molecular weight is 286 g/mol. The van der Waals surface area contributed by atoms with Crippen LogP contribution in [-0.4, -0.2) is 14.5 Å². The highest BCUT2D eigenvalue weighted by molar-refractivity contribution is 6.28. The van der Waals surface area contributed by atoms with Crippen molar-refractivity contribution >= 4 is 22.6 Å². The van der Waals surface area contributed by atoms with E-state index < -0.39 is 0 Å². The van der Waals surface area contributed by atoms with Crippen LogP contribution in [-0.2, 0) is 5.54 Å². The molecule has 102 valence electrons. The Morgan fingerprint density at radius 1 is 1.10 bits per heavy atom. The summed E-state index contributed by atoms with van der Waals surface area (Å²) in [5, 5.41) is 1.28. The van der Waals surface area contributed by atoms with Crippen molar-refractivity contribution in [2.75, 3.05) is 0 Å². The Balaban J connectivity index is 2.37. The van der Waals surface area contributed by atoms with E-state index in [0.717, 1.165) is 22.3 Å². The number of hydrogen-bond donors (Lipinski definition) is 0. The van der Waals surface area contributed by atoms with Gasteiger partial charge in [-0.2, -0.15) is 4.98 Å². The highest BCUT2D eigenvalue weighted by Crippen LogP contribution is 2.32. The molecule has 4 heteroatoms. The molecule has 3 rings (SSSR count). The van der Waals surface area contributed by atoms with Crippen LogP contribution >= 0.6 is 11.6 Å². The van der Waals surface area contributed by atoms with E-state index in [1.807, 2.05) is 18.2 Å². The fourth-order valence-electron chi connectivity index (χ4n) is 2.47. The van der Waals surface area contributed by atoms with E-state index in [2.05, 4.69) is 53.5 Å². The van der Waals surface area contributed by atoms with Gasteiger partial charge in [0, 0.05) is 17.1 Å². The predicted molar refractivity (Wildman–Crippen MR) is 83.0 cm³/mol. The van der Waals surface area contributed by atoms with Crippen LogP contribution in [0.5, 0.6) is 0 Å². The Morgan fingerprint density at radius 2 is 1.80 bits per heavy atom. The molecular weight excluding hydrogens is 270 g/mol. The maximum Gasteiger partial charge on any atom is 0.224 e. The molecule has 0 atom stereocenters. The lowest BCUT2D eigenvalue weighted by molar-refractivity contribution is 0.412. The first-order valence-corrected chi connectivity index (χ1v) is 6.94. The predicted octanol–water partition coefficient (Wildman–Crippen LogP) is 4.51. The summed E-state index contributed by atoms with van der Waals surface area (Å²) < 4.78 is 2.21. The highest BCUT2D eigenvalue weighted by atomic mass is 35.5. The van der Waals surface area contributed by atoms with E-state index in [1.165, 1.54) is 0 Å². The third kappa shape index (κ3) is 2.18. The minimum absolute atomic E-state index is 0.0927. The molecule has 2 heterocycles. The molecule has 0 radical (unpaired) electrons. The Morgan fingerprint density at radius 3 is 2.45 bits per heavy atom. The summed E-state index contributed by atoms with van der Waals surface area (Å²) in [4.78, 5) is 8.48. The molecule has 0 N–H and O–H groups in total. The van der Waals surface area contributed by atoms with E-state index in [9.17, 15) is 0 Å². The van der Waals surface area contributed by atoms with Gasteiger partial charge in [0.05, 0.1) is 5.69 Å². The fraction of sp³-hybridized carbons (Fsp3) is 0.250. The molecule has 2 aromatic heterocycles. The molecule has 0 aliphatic carbocycles. The van der Waals surface area contributed by atoms with Gasteiger partial charge in [0.1, 0.15) is 5.65 Å². The number of fused-ring (bicyclic) bond motifs is 1. The van der Waals surface area contributed by atoms with Crippen molar-refractivity contribution in [1.29, 1.82) is 0 Å². The second-order valence-corrected chi connectivity index (χ2v) is 6.16. The molecule has 0 saturated heterocycles. The first kappa shape index (κ1) is 13.1. The number of nitrogens with zero attached hydrogens (tertiary/aromatic N) is 3. The van der Waals surface area contributed by atoms with E-state index in [0.29, 0.717) is 0 Å². The van der Waals surface area contributed by atoms with Gasteiger partial charge in [-0.25, -0.2) is 4.98 Å². The zero-order valence-corrected chi connectivity index (χ0v) is 12.5. The lowest BCUT2D eigenvalue weighted by Gasteiger charge is -2.25. The number of rotatable bonds is 1. The molecule has 0 aliphatic heterocycles. The first-order valence-electron chi connectivity index (χ1n) is 6.57. The second kappa shape index (κ2) is 4.60. The summed E-state index contributed by atoms with van der Waals surface area (Å²) in [5.41, 5.74) is 3.07. The third-order valence-electron chi connectivity index (χ3n) is 3.25. The number of hydrogen-bond acceptors (Lipinski definition) is 2. The monoisotopic (exact) mass is 285 g/mol. The van der Waals surface area contributed by atoms with Gasteiger partial charge >= 0.3 is 0 Å². The summed E-state index contributed by atoms with van der Waals surface area (Å²) in [6.45, 7) is 6.48. The zero-order valence-electron chi connectivity index (χ0n) is 11.8. The van der Waals surface area contributed by atoms with Crippen LogP contribution in [0.2, 0.25) is 5.28 Å². The van der Waals surface area contributed by atoms with E-state index >= 15 is 0 Å². The summed E-state index contributed by atoms with van der Waals surface area (Å²) in [6, 6.07) is 12.4. The second-order valence-electron chi connectivity index (χ2n) is 5.82. The van der Waals surface area contributed by atoms with Crippen molar-refractivity contribution in [3.05, 3.63) is 47.9 Å². The standard InChI is InChI=1S/C16H16ClN3/c1-16(2,3)20-13(11-7-5-4-6-8-11)9-12-10-18-15(17)19-14(12)20/h4-10H,1-3H3. The maximum atomic E-state index is 5.96. The normalized spacial score (nSPS) is 12.0. The summed E-state index contributed by atoms with van der Waals surface area (Å²) in [5.74, 6) is 0. The van der Waals surface area contributed by atoms with Crippen molar-refractivity contribution in [2.24, 2.45) is 0 Å². The van der Waals surface area contributed by atoms with Crippen molar-refractivity contribution < 1.29 is 0 Å². The van der Waals surface area contributed by atoms with Crippen molar-refractivity contribution in [2.45, 2.75) is 26.3 Å². The van der Waals surface area contributed by atoms with Gasteiger partial charge in [0.2, 0.25) is 5.28 Å². The summed E-state index contributed by atoms with van der Waals surface area (Å²) in [6.07, 6.45) is 1.78. The van der Waals surface area contributed by atoms with Gasteiger partial charge in [0.15, 0.2) is 0 Å². The lowest BCUT2D eigenvalue weighted by atomic mass is 10.1. The summed E-state index contributed by atoms with van der Waals surface area (Å²) >= 11 is 5.96. The Kier molecular flexibility index (Phi) is 3.02. The average Bonchev–Trinajstić information content (AvgIpc) is 2.78. The maximum absolute atomic E-state index is 5.96. The Labute approximate surface area is 123 Å². The van der Waals surface area contributed by atoms with Crippen LogP contribution in [0.4, 0.5) is 0 Å². The molecule has 3 aromatic rings. The minimum atomic E-state index is -0.0927. The number of aromatic nitrogens is 3. The molecule has 1 aromatic carbocycles. The molecule has 0 saturated carbocycles. The number of halogens is 1. The smallest absolute Gasteiger partial charge is 0.224 e. The summed E-state index contributed by atoms with van der Waals surface area (Å²) in [7, 11) is 0. The van der Waals surface area contributed by atoms with E-state index in [4.69, 9.17) is 11.6 Å². The first-order chi connectivity index (χ1) is 9.47. The van der Waals surface area contributed by atoms with E-state index in [-0.39, 0.29) is 10.8 Å². The van der Waals surface area contributed by atoms with Gasteiger partial charge in [-0.05, 0) is 44.0 Å². The van der Waals surface area contributed by atoms with Gasteiger partial charge in [-0.1, -0.05) is 30.3 Å². The number of benzene rings is 1. The largest absolute Gasteiger partial charge is 0.320 e. The topological polar surface area (TPSA) is 30.7 Å². The molecular formula is C16H16ClN3. The molecule has 0 spiro atoms. The third-order valence-corrected chi connectivity index (χ3v) is 3.43. The Bertz CT molecular complexity index is 754. The molecule has 0 aliphatic rings. The molecule has 0 amide bonds. The molecule has 20 heavy (non-hydrogen) atoms. The van der Waals surface area contributed by atoms with Crippen molar-refractivity contribution in [3.8, 4) is 11.3 Å². The lowest BCUT2D eigenvalue weighted by Crippen LogP contribution is -2.22. The van der Waals surface area contributed by atoms with Crippen molar-refractivity contribution in [1.82, 2.24) is 14.5 Å². The van der Waals surface area contributed by atoms with Crippen LogP contribution in [0.25, 0.3) is 22.3 Å². The SMILES string of the molecule is CC(C)(C)n1c(-c2ccccc2)cc2cnc(Cl)nc21. The quantitative estimate of drug-likeness (QED) is 0.616. The molecule has 0 fully saturated rings. The molecule has 3 nitrogen and oxygen atoms in total. The van der Waals surface area contributed by atoms with Crippen LogP contribution in [0.3, 0.4) is 0 Å². The fourth-order valence-corrected chi connectivity index (χ4v) is 2.60. The zero-order chi connectivity index (χ0) is 14.3. The molecule has 0 bridgehead atoms. The van der Waals surface area contributed by atoms with Crippen molar-refractivity contribution in [3.63, 3.8) is 0 Å². The van der Waals surface area contributed by atoms with Crippen LogP contribution in [0.1, 0.15) is 20.8 Å².